The van der Waals surface area contributed by atoms with Crippen molar-refractivity contribution in [2.45, 2.75) is 38.3 Å². The van der Waals surface area contributed by atoms with Crippen molar-refractivity contribution < 1.29 is 0 Å². The van der Waals surface area contributed by atoms with E-state index >= 15 is 0 Å². The number of hydrogen-bond acceptors (Lipinski definition) is 6. The van der Waals surface area contributed by atoms with E-state index in [1.807, 2.05) is 0 Å². The topological polar surface area (TPSA) is 67.1 Å². The molecule has 0 spiro atoms. The Morgan fingerprint density at radius 2 is 2.00 bits per heavy atom. The molecular weight excluding hydrogens is 306 g/mol. The summed E-state index contributed by atoms with van der Waals surface area (Å²) in [7, 11) is 0. The summed E-state index contributed by atoms with van der Waals surface area (Å²) in [6.07, 6.45) is 3.51. The molecule has 124 valence electrons. The summed E-state index contributed by atoms with van der Waals surface area (Å²) in [4.78, 5) is 2.57. The van der Waals surface area contributed by atoms with Crippen LogP contribution in [-0.2, 0) is 6.42 Å². The van der Waals surface area contributed by atoms with Gasteiger partial charge in [0.1, 0.15) is 5.01 Å². The van der Waals surface area contributed by atoms with Crippen LogP contribution in [0.3, 0.4) is 0 Å². The van der Waals surface area contributed by atoms with E-state index in [1.54, 1.807) is 0 Å². The van der Waals surface area contributed by atoms with Crippen LogP contribution >= 0.6 is 11.3 Å². The van der Waals surface area contributed by atoms with Crippen molar-refractivity contribution >= 4 is 16.5 Å². The SMILES string of the molecule is CC(NC1CCN(CCc2ccccc2)CC1)c1nnc(N)s1. The van der Waals surface area contributed by atoms with Gasteiger partial charge >= 0.3 is 0 Å². The summed E-state index contributed by atoms with van der Waals surface area (Å²) in [5.41, 5.74) is 7.09. The molecule has 1 saturated heterocycles. The van der Waals surface area contributed by atoms with Gasteiger partial charge < -0.3 is 16.0 Å². The average Bonchev–Trinajstić information content (AvgIpc) is 3.02. The predicted molar refractivity (Wildman–Crippen MR) is 95.5 cm³/mol. The van der Waals surface area contributed by atoms with Crippen LogP contribution in [0, 0.1) is 0 Å². The third kappa shape index (κ3) is 4.73. The lowest BCUT2D eigenvalue weighted by Crippen LogP contribution is -2.43. The first-order valence-corrected chi connectivity index (χ1v) is 9.13. The second-order valence-corrected chi connectivity index (χ2v) is 7.26. The lowest BCUT2D eigenvalue weighted by atomic mass is 10.0. The molecule has 1 fully saturated rings. The van der Waals surface area contributed by atoms with Crippen molar-refractivity contribution in [2.24, 2.45) is 0 Å². The van der Waals surface area contributed by atoms with Gasteiger partial charge in [0.15, 0.2) is 0 Å². The molecule has 2 aromatic rings. The summed E-state index contributed by atoms with van der Waals surface area (Å²) in [5, 5.41) is 13.2. The van der Waals surface area contributed by atoms with Crippen molar-refractivity contribution in [3.63, 3.8) is 0 Å². The van der Waals surface area contributed by atoms with E-state index in [-0.39, 0.29) is 6.04 Å². The molecule has 3 N–H and O–H groups in total. The molecule has 3 rings (SSSR count). The summed E-state index contributed by atoms with van der Waals surface area (Å²) in [6.45, 7) is 5.62. The highest BCUT2D eigenvalue weighted by atomic mass is 32.1. The van der Waals surface area contributed by atoms with Crippen molar-refractivity contribution in [2.75, 3.05) is 25.4 Å². The molecule has 1 atom stereocenters. The number of nitrogens with one attached hydrogen (secondary N) is 1. The molecule has 0 bridgehead atoms. The zero-order valence-electron chi connectivity index (χ0n) is 13.6. The first-order chi connectivity index (χ1) is 11.2. The summed E-state index contributed by atoms with van der Waals surface area (Å²) in [6, 6.07) is 11.5. The van der Waals surface area contributed by atoms with Crippen LogP contribution in [0.1, 0.15) is 36.4 Å². The normalized spacial score (nSPS) is 18.1. The van der Waals surface area contributed by atoms with Crippen LogP contribution in [-0.4, -0.2) is 40.8 Å². The Morgan fingerprint density at radius 3 is 2.65 bits per heavy atom. The van der Waals surface area contributed by atoms with Crippen LogP contribution in [0.15, 0.2) is 30.3 Å². The van der Waals surface area contributed by atoms with E-state index in [4.69, 9.17) is 5.73 Å². The Hall–Kier alpha value is -1.50. The molecule has 1 aliphatic heterocycles. The molecule has 0 radical (unpaired) electrons. The number of nitrogen functional groups attached to an aromatic ring is 1. The smallest absolute Gasteiger partial charge is 0.203 e. The fourth-order valence-corrected chi connectivity index (χ4v) is 3.72. The number of aromatic nitrogens is 2. The van der Waals surface area contributed by atoms with Gasteiger partial charge in [0.05, 0.1) is 6.04 Å². The minimum absolute atomic E-state index is 0.227. The minimum Gasteiger partial charge on any atom is -0.374 e. The zero-order chi connectivity index (χ0) is 16.1. The van der Waals surface area contributed by atoms with Gasteiger partial charge in [-0.15, -0.1) is 10.2 Å². The third-order valence-corrected chi connectivity index (χ3v) is 5.39. The van der Waals surface area contributed by atoms with Gasteiger partial charge in [0, 0.05) is 12.6 Å². The van der Waals surface area contributed by atoms with Crippen LogP contribution in [0.25, 0.3) is 0 Å². The van der Waals surface area contributed by atoms with Crippen LogP contribution in [0.5, 0.6) is 0 Å². The maximum absolute atomic E-state index is 5.66. The molecule has 0 amide bonds. The number of nitrogens with two attached hydrogens (primary N) is 1. The third-order valence-electron chi connectivity index (χ3n) is 4.46. The Labute approximate surface area is 141 Å². The van der Waals surface area contributed by atoms with Crippen LogP contribution < -0.4 is 11.1 Å². The average molecular weight is 331 g/mol. The van der Waals surface area contributed by atoms with Crippen molar-refractivity contribution in [3.05, 3.63) is 40.9 Å². The first kappa shape index (κ1) is 16.4. The molecule has 2 heterocycles. The summed E-state index contributed by atoms with van der Waals surface area (Å²) in [5.74, 6) is 0. The van der Waals surface area contributed by atoms with Crippen LogP contribution in [0.4, 0.5) is 5.13 Å². The highest BCUT2D eigenvalue weighted by molar-refractivity contribution is 7.15. The van der Waals surface area contributed by atoms with Gasteiger partial charge in [-0.25, -0.2) is 0 Å². The Bertz CT molecular complexity index is 592. The largest absolute Gasteiger partial charge is 0.374 e. The van der Waals surface area contributed by atoms with E-state index in [0.29, 0.717) is 11.2 Å². The van der Waals surface area contributed by atoms with E-state index in [2.05, 4.69) is 57.7 Å². The molecule has 6 heteroatoms. The second kappa shape index (κ2) is 7.86. The number of piperidine rings is 1. The molecule has 0 aliphatic carbocycles. The molecule has 0 saturated carbocycles. The van der Waals surface area contributed by atoms with Crippen molar-refractivity contribution in [3.8, 4) is 0 Å². The highest BCUT2D eigenvalue weighted by Crippen LogP contribution is 2.21. The minimum atomic E-state index is 0.227. The van der Waals surface area contributed by atoms with E-state index in [9.17, 15) is 0 Å². The fourth-order valence-electron chi connectivity index (χ4n) is 3.10. The molecule has 1 aromatic heterocycles. The molecule has 1 aliphatic rings. The lowest BCUT2D eigenvalue weighted by molar-refractivity contribution is 0.194. The highest BCUT2D eigenvalue weighted by Gasteiger charge is 2.21. The molecular formula is C17H25N5S. The number of hydrogen-bond donors (Lipinski definition) is 2. The van der Waals surface area contributed by atoms with Crippen LogP contribution in [0.2, 0.25) is 0 Å². The monoisotopic (exact) mass is 331 g/mol. The van der Waals surface area contributed by atoms with Crippen molar-refractivity contribution in [1.29, 1.82) is 0 Å². The Morgan fingerprint density at radius 1 is 1.26 bits per heavy atom. The quantitative estimate of drug-likeness (QED) is 0.851. The maximum Gasteiger partial charge on any atom is 0.203 e. The summed E-state index contributed by atoms with van der Waals surface area (Å²) >= 11 is 1.47. The maximum atomic E-state index is 5.66. The molecule has 5 nitrogen and oxygen atoms in total. The Balaban J connectivity index is 1.40. The van der Waals surface area contributed by atoms with Crippen molar-refractivity contribution in [1.82, 2.24) is 20.4 Å². The molecule has 23 heavy (non-hydrogen) atoms. The van der Waals surface area contributed by atoms with Gasteiger partial charge in [-0.3, -0.25) is 0 Å². The van der Waals surface area contributed by atoms with Gasteiger partial charge in [-0.1, -0.05) is 41.7 Å². The Kier molecular flexibility index (Phi) is 5.59. The first-order valence-electron chi connectivity index (χ1n) is 8.32. The number of likely N-dealkylation sites (tertiary alicyclic amines) is 1. The second-order valence-electron chi connectivity index (χ2n) is 6.22. The standard InChI is InChI=1S/C17H25N5S/c1-13(16-20-21-17(18)23-16)19-15-8-11-22(12-9-15)10-7-14-5-3-2-4-6-14/h2-6,13,15,19H,7-12H2,1H3,(H2,18,21). The summed E-state index contributed by atoms with van der Waals surface area (Å²) < 4.78 is 0. The molecule has 1 aromatic carbocycles. The molecule has 1 unspecified atom stereocenters. The number of benzene rings is 1. The van der Waals surface area contributed by atoms with Gasteiger partial charge in [-0.2, -0.15) is 0 Å². The number of nitrogens with zero attached hydrogens (tertiary/aromatic N) is 3. The van der Waals surface area contributed by atoms with Gasteiger partial charge in [-0.05, 0) is 44.8 Å². The zero-order valence-corrected chi connectivity index (χ0v) is 14.4. The van der Waals surface area contributed by atoms with E-state index < -0.39 is 0 Å². The van der Waals surface area contributed by atoms with E-state index in [0.717, 1.165) is 31.1 Å². The number of rotatable bonds is 6. The van der Waals surface area contributed by atoms with Gasteiger partial charge in [0.2, 0.25) is 5.13 Å². The fraction of sp³-hybridized carbons (Fsp3) is 0.529. The predicted octanol–water partition coefficient (Wildman–Crippen LogP) is 2.48. The van der Waals surface area contributed by atoms with E-state index in [1.165, 1.54) is 29.7 Å². The lowest BCUT2D eigenvalue weighted by Gasteiger charge is -2.33. The van der Waals surface area contributed by atoms with Gasteiger partial charge in [0.25, 0.3) is 0 Å². The number of anilines is 1.